The van der Waals surface area contributed by atoms with E-state index < -0.39 is 5.91 Å². The Morgan fingerprint density at radius 2 is 1.97 bits per heavy atom. The maximum absolute atomic E-state index is 11.4. The standard InChI is InChI=1S/C22H24N8O3/c1-29(22-24-11-18(12-25-22)21(31)27-32)14-19-26-20(28-33-19)17-6-8-30(9-7-17)13-16-4-2-15(10-23)3-5-16/h2-5,11-12,17,32H,6-9,13-14H2,1H3,(H,27,31). The Labute approximate surface area is 190 Å². The van der Waals surface area contributed by atoms with Crippen LogP contribution in [-0.4, -0.2) is 56.3 Å². The van der Waals surface area contributed by atoms with E-state index in [1.54, 1.807) is 17.4 Å². The molecule has 0 radical (unpaired) electrons. The number of nitrogens with one attached hydrogen (secondary N) is 1. The number of hydrogen-bond donors (Lipinski definition) is 2. The van der Waals surface area contributed by atoms with Crippen molar-refractivity contribution in [3.05, 3.63) is 65.1 Å². The highest BCUT2D eigenvalue weighted by atomic mass is 16.5. The number of hydrogen-bond acceptors (Lipinski definition) is 10. The minimum Gasteiger partial charge on any atom is -0.337 e. The normalized spacial score (nSPS) is 14.6. The van der Waals surface area contributed by atoms with Crippen LogP contribution in [0, 0.1) is 11.3 Å². The lowest BCUT2D eigenvalue weighted by atomic mass is 9.96. The van der Waals surface area contributed by atoms with Gasteiger partial charge in [-0.05, 0) is 43.6 Å². The smallest absolute Gasteiger partial charge is 0.277 e. The van der Waals surface area contributed by atoms with Crippen molar-refractivity contribution in [3.63, 3.8) is 0 Å². The molecule has 1 amide bonds. The zero-order valence-electron chi connectivity index (χ0n) is 18.2. The van der Waals surface area contributed by atoms with Gasteiger partial charge >= 0.3 is 0 Å². The first-order chi connectivity index (χ1) is 16.1. The summed E-state index contributed by atoms with van der Waals surface area (Å²) >= 11 is 0. The Morgan fingerprint density at radius 1 is 1.27 bits per heavy atom. The van der Waals surface area contributed by atoms with Crippen LogP contribution >= 0.6 is 0 Å². The molecule has 0 unspecified atom stereocenters. The fraction of sp³-hybridized carbons (Fsp3) is 0.364. The summed E-state index contributed by atoms with van der Waals surface area (Å²) in [6.07, 6.45) is 4.55. The zero-order valence-corrected chi connectivity index (χ0v) is 18.2. The van der Waals surface area contributed by atoms with E-state index in [4.69, 9.17) is 15.0 Å². The topological polar surface area (TPSA) is 144 Å². The van der Waals surface area contributed by atoms with Crippen LogP contribution in [0.4, 0.5) is 5.95 Å². The molecule has 1 aliphatic rings. The molecule has 2 N–H and O–H groups in total. The number of carbonyl (C=O) groups is 1. The monoisotopic (exact) mass is 448 g/mol. The van der Waals surface area contributed by atoms with Gasteiger partial charge in [0.15, 0.2) is 5.82 Å². The fourth-order valence-electron chi connectivity index (χ4n) is 3.76. The predicted molar refractivity (Wildman–Crippen MR) is 116 cm³/mol. The number of amides is 1. The molecule has 0 bridgehead atoms. The van der Waals surface area contributed by atoms with Crippen LogP contribution in [0.5, 0.6) is 0 Å². The van der Waals surface area contributed by atoms with Crippen LogP contribution in [0.25, 0.3) is 0 Å². The largest absolute Gasteiger partial charge is 0.337 e. The van der Waals surface area contributed by atoms with E-state index in [0.29, 0.717) is 29.8 Å². The lowest BCUT2D eigenvalue weighted by molar-refractivity contribution is 0.0705. The molecule has 1 aromatic carbocycles. The average Bonchev–Trinajstić information content (AvgIpc) is 3.33. The van der Waals surface area contributed by atoms with Crippen molar-refractivity contribution in [3.8, 4) is 6.07 Å². The Balaban J connectivity index is 1.28. The second kappa shape index (κ2) is 10.2. The molecular formula is C22H24N8O3. The zero-order chi connectivity index (χ0) is 23.2. The maximum atomic E-state index is 11.4. The Hall–Kier alpha value is -3.88. The molecule has 33 heavy (non-hydrogen) atoms. The van der Waals surface area contributed by atoms with Crippen molar-refractivity contribution >= 4 is 11.9 Å². The summed E-state index contributed by atoms with van der Waals surface area (Å²) in [5, 5.41) is 21.8. The number of nitrogens with zero attached hydrogens (tertiary/aromatic N) is 7. The highest BCUT2D eigenvalue weighted by Gasteiger charge is 2.25. The van der Waals surface area contributed by atoms with E-state index >= 15 is 0 Å². The third kappa shape index (κ3) is 5.49. The van der Waals surface area contributed by atoms with Crippen molar-refractivity contribution in [2.75, 3.05) is 25.0 Å². The van der Waals surface area contributed by atoms with Crippen molar-refractivity contribution < 1.29 is 14.5 Å². The van der Waals surface area contributed by atoms with Gasteiger partial charge in [0.25, 0.3) is 5.91 Å². The number of anilines is 1. The van der Waals surface area contributed by atoms with Gasteiger partial charge in [0.1, 0.15) is 0 Å². The van der Waals surface area contributed by atoms with Crippen molar-refractivity contribution in [1.82, 2.24) is 30.5 Å². The minimum atomic E-state index is -0.673. The number of rotatable bonds is 7. The quantitative estimate of drug-likeness (QED) is 0.406. The van der Waals surface area contributed by atoms with Gasteiger partial charge in [0.2, 0.25) is 11.8 Å². The number of nitriles is 1. The van der Waals surface area contributed by atoms with Gasteiger partial charge in [-0.3, -0.25) is 14.9 Å². The third-order valence-corrected chi connectivity index (χ3v) is 5.64. The average molecular weight is 448 g/mol. The molecule has 1 fully saturated rings. The summed E-state index contributed by atoms with van der Waals surface area (Å²) in [6.45, 7) is 3.07. The summed E-state index contributed by atoms with van der Waals surface area (Å²) in [5.74, 6) is 1.15. The molecule has 3 heterocycles. The van der Waals surface area contributed by atoms with Crippen molar-refractivity contribution in [1.29, 1.82) is 5.26 Å². The van der Waals surface area contributed by atoms with Crippen LogP contribution in [0.3, 0.4) is 0 Å². The molecule has 0 aliphatic carbocycles. The Morgan fingerprint density at radius 3 is 2.61 bits per heavy atom. The maximum Gasteiger partial charge on any atom is 0.277 e. The predicted octanol–water partition coefficient (Wildman–Crippen LogP) is 1.87. The minimum absolute atomic E-state index is 0.153. The highest BCUT2D eigenvalue weighted by Crippen LogP contribution is 2.27. The van der Waals surface area contributed by atoms with Gasteiger partial charge in [0.05, 0.1) is 23.7 Å². The molecule has 2 aromatic heterocycles. The van der Waals surface area contributed by atoms with Gasteiger partial charge in [-0.1, -0.05) is 17.3 Å². The molecule has 4 rings (SSSR count). The van der Waals surface area contributed by atoms with Crippen molar-refractivity contribution in [2.24, 2.45) is 0 Å². The molecule has 11 heteroatoms. The molecule has 1 aliphatic heterocycles. The van der Waals surface area contributed by atoms with Gasteiger partial charge < -0.3 is 9.42 Å². The number of carbonyl (C=O) groups excluding carboxylic acids is 1. The summed E-state index contributed by atoms with van der Waals surface area (Å²) in [6, 6.07) is 9.86. The van der Waals surface area contributed by atoms with E-state index in [0.717, 1.165) is 32.5 Å². The van der Waals surface area contributed by atoms with Crippen LogP contribution in [0.15, 0.2) is 41.2 Å². The summed E-state index contributed by atoms with van der Waals surface area (Å²) in [7, 11) is 1.78. The highest BCUT2D eigenvalue weighted by molar-refractivity contribution is 5.92. The summed E-state index contributed by atoms with van der Waals surface area (Å²) < 4.78 is 5.44. The molecule has 1 saturated heterocycles. The van der Waals surface area contributed by atoms with Gasteiger partial charge in [0, 0.05) is 31.9 Å². The molecule has 3 aromatic rings. The van der Waals surface area contributed by atoms with Gasteiger partial charge in [-0.15, -0.1) is 0 Å². The first-order valence-corrected chi connectivity index (χ1v) is 10.6. The summed E-state index contributed by atoms with van der Waals surface area (Å²) in [5.41, 5.74) is 3.57. The van der Waals surface area contributed by atoms with Crippen LogP contribution in [-0.2, 0) is 13.1 Å². The van der Waals surface area contributed by atoms with E-state index in [-0.39, 0.29) is 11.5 Å². The van der Waals surface area contributed by atoms with Crippen LogP contribution < -0.4 is 10.4 Å². The lowest BCUT2D eigenvalue weighted by Gasteiger charge is -2.30. The molecule has 170 valence electrons. The van der Waals surface area contributed by atoms with E-state index in [1.165, 1.54) is 18.0 Å². The van der Waals surface area contributed by atoms with Gasteiger partial charge in [-0.25, -0.2) is 15.4 Å². The summed E-state index contributed by atoms with van der Waals surface area (Å²) in [4.78, 5) is 28.3. The molecule has 0 spiro atoms. The second-order valence-electron chi connectivity index (χ2n) is 7.97. The van der Waals surface area contributed by atoms with Gasteiger partial charge in [-0.2, -0.15) is 10.2 Å². The fourth-order valence-corrected chi connectivity index (χ4v) is 3.76. The molecule has 0 saturated carbocycles. The van der Waals surface area contributed by atoms with Crippen molar-refractivity contribution in [2.45, 2.75) is 31.8 Å². The molecule has 11 nitrogen and oxygen atoms in total. The second-order valence-corrected chi connectivity index (χ2v) is 7.97. The number of likely N-dealkylation sites (tertiary alicyclic amines) is 1. The Kier molecular flexibility index (Phi) is 6.87. The SMILES string of the molecule is CN(Cc1nc(C2CCN(Cc3ccc(C#N)cc3)CC2)no1)c1ncc(C(=O)NO)cn1. The van der Waals surface area contributed by atoms with E-state index in [1.807, 2.05) is 24.3 Å². The van der Waals surface area contributed by atoms with E-state index in [2.05, 4.69) is 31.1 Å². The number of aromatic nitrogens is 4. The first-order valence-electron chi connectivity index (χ1n) is 10.6. The van der Waals surface area contributed by atoms with Crippen LogP contribution in [0.1, 0.15) is 52.0 Å². The molecular weight excluding hydrogens is 424 g/mol. The lowest BCUT2D eigenvalue weighted by Crippen LogP contribution is -2.32. The molecule has 0 atom stereocenters. The number of piperidine rings is 1. The number of benzene rings is 1. The van der Waals surface area contributed by atoms with E-state index in [9.17, 15) is 4.79 Å². The number of hydroxylamine groups is 1. The Bertz CT molecular complexity index is 1120. The third-order valence-electron chi connectivity index (χ3n) is 5.64. The van der Waals surface area contributed by atoms with Crippen LogP contribution in [0.2, 0.25) is 0 Å². The first kappa shape index (κ1) is 22.3.